The predicted octanol–water partition coefficient (Wildman–Crippen LogP) is 3.76. The molecule has 0 aromatic heterocycles. The van der Waals surface area contributed by atoms with Crippen LogP contribution in [0, 0.1) is 11.7 Å². The quantitative estimate of drug-likeness (QED) is 0.860. The number of halogens is 1. The van der Waals surface area contributed by atoms with Gasteiger partial charge in [0.05, 0.1) is 6.61 Å². The Labute approximate surface area is 135 Å². The Bertz CT molecular complexity index is 659. The summed E-state index contributed by atoms with van der Waals surface area (Å²) in [7, 11) is 0. The van der Waals surface area contributed by atoms with E-state index in [2.05, 4.69) is 0 Å². The third kappa shape index (κ3) is 3.89. The number of likely N-dealkylation sites (tertiary alicyclic amines) is 1. The second kappa shape index (κ2) is 7.27. The van der Waals surface area contributed by atoms with Crippen LogP contribution in [0.2, 0.25) is 0 Å². The Morgan fingerprint density at radius 1 is 1.13 bits per heavy atom. The van der Waals surface area contributed by atoms with Gasteiger partial charge in [0, 0.05) is 24.6 Å². The minimum atomic E-state index is -0.347. The lowest BCUT2D eigenvalue weighted by Gasteiger charge is -2.32. The van der Waals surface area contributed by atoms with Crippen LogP contribution in [-0.4, -0.2) is 30.5 Å². The number of benzene rings is 2. The van der Waals surface area contributed by atoms with Gasteiger partial charge in [-0.15, -0.1) is 0 Å². The summed E-state index contributed by atoms with van der Waals surface area (Å²) in [5.74, 6) is 0.219. The first kappa shape index (κ1) is 15.5. The topological polar surface area (TPSA) is 29.5 Å². The predicted molar refractivity (Wildman–Crippen MR) is 87.0 cm³/mol. The highest BCUT2D eigenvalue weighted by Gasteiger charge is 2.25. The molecule has 4 heteroatoms. The summed E-state index contributed by atoms with van der Waals surface area (Å²) in [6.45, 7) is 1.85. The number of carbonyl (C=O) groups is 1. The SMILES string of the molecule is O=C(c1ccccc1)N1CCCC(COc2ccccc2F)C1. The van der Waals surface area contributed by atoms with E-state index in [0.29, 0.717) is 18.7 Å². The lowest BCUT2D eigenvalue weighted by Crippen LogP contribution is -2.41. The summed E-state index contributed by atoms with van der Waals surface area (Å²) in [4.78, 5) is 14.4. The Balaban J connectivity index is 1.58. The largest absolute Gasteiger partial charge is 0.490 e. The van der Waals surface area contributed by atoms with Crippen molar-refractivity contribution in [3.63, 3.8) is 0 Å². The van der Waals surface area contributed by atoms with Gasteiger partial charge >= 0.3 is 0 Å². The number of hydrogen-bond donors (Lipinski definition) is 0. The van der Waals surface area contributed by atoms with E-state index in [-0.39, 0.29) is 23.4 Å². The smallest absolute Gasteiger partial charge is 0.253 e. The van der Waals surface area contributed by atoms with Crippen LogP contribution in [0.4, 0.5) is 4.39 Å². The van der Waals surface area contributed by atoms with Crippen LogP contribution >= 0.6 is 0 Å². The summed E-state index contributed by atoms with van der Waals surface area (Å²) < 4.78 is 19.2. The van der Waals surface area contributed by atoms with Crippen molar-refractivity contribution < 1.29 is 13.9 Å². The lowest BCUT2D eigenvalue weighted by molar-refractivity contribution is 0.0631. The molecule has 1 unspecified atom stereocenters. The number of hydrogen-bond acceptors (Lipinski definition) is 2. The number of nitrogens with zero attached hydrogens (tertiary/aromatic N) is 1. The van der Waals surface area contributed by atoms with Gasteiger partial charge in [0.2, 0.25) is 0 Å². The second-order valence-electron chi connectivity index (χ2n) is 5.87. The average Bonchev–Trinajstić information content (AvgIpc) is 2.61. The molecule has 2 aromatic carbocycles. The van der Waals surface area contributed by atoms with E-state index in [1.54, 1.807) is 18.2 Å². The molecule has 0 aliphatic carbocycles. The van der Waals surface area contributed by atoms with Crippen LogP contribution in [0.25, 0.3) is 0 Å². The molecule has 0 bridgehead atoms. The van der Waals surface area contributed by atoms with Gasteiger partial charge < -0.3 is 9.64 Å². The van der Waals surface area contributed by atoms with Crippen molar-refractivity contribution in [2.75, 3.05) is 19.7 Å². The summed E-state index contributed by atoms with van der Waals surface area (Å²) in [6.07, 6.45) is 1.94. The van der Waals surface area contributed by atoms with Gasteiger partial charge in [-0.1, -0.05) is 30.3 Å². The molecule has 2 aromatic rings. The molecule has 120 valence electrons. The number of piperidine rings is 1. The van der Waals surface area contributed by atoms with Crippen molar-refractivity contribution in [1.29, 1.82) is 0 Å². The fourth-order valence-electron chi connectivity index (χ4n) is 2.92. The summed E-state index contributed by atoms with van der Waals surface area (Å²) in [6, 6.07) is 15.7. The van der Waals surface area contributed by atoms with Crippen molar-refractivity contribution in [3.8, 4) is 5.75 Å². The molecule has 1 aliphatic rings. The van der Waals surface area contributed by atoms with Crippen molar-refractivity contribution in [2.24, 2.45) is 5.92 Å². The molecule has 0 N–H and O–H groups in total. The van der Waals surface area contributed by atoms with Crippen molar-refractivity contribution >= 4 is 5.91 Å². The van der Waals surface area contributed by atoms with E-state index in [1.165, 1.54) is 6.07 Å². The van der Waals surface area contributed by atoms with Crippen LogP contribution in [-0.2, 0) is 0 Å². The third-order valence-corrected chi connectivity index (χ3v) is 4.14. The lowest BCUT2D eigenvalue weighted by atomic mass is 9.98. The van der Waals surface area contributed by atoms with Crippen molar-refractivity contribution in [1.82, 2.24) is 4.90 Å². The normalized spacial score (nSPS) is 17.8. The van der Waals surface area contributed by atoms with Crippen LogP contribution in [0.1, 0.15) is 23.2 Å². The van der Waals surface area contributed by atoms with Crippen molar-refractivity contribution in [3.05, 3.63) is 66.0 Å². The zero-order chi connectivity index (χ0) is 16.1. The molecule has 3 nitrogen and oxygen atoms in total. The highest BCUT2D eigenvalue weighted by atomic mass is 19.1. The molecule has 1 amide bonds. The van der Waals surface area contributed by atoms with E-state index < -0.39 is 0 Å². The maximum Gasteiger partial charge on any atom is 0.253 e. The van der Waals surface area contributed by atoms with Gasteiger partial charge in [-0.2, -0.15) is 0 Å². The average molecular weight is 313 g/mol. The monoisotopic (exact) mass is 313 g/mol. The van der Waals surface area contributed by atoms with Crippen LogP contribution < -0.4 is 4.74 Å². The van der Waals surface area contributed by atoms with E-state index in [1.807, 2.05) is 35.2 Å². The summed E-state index contributed by atoms with van der Waals surface area (Å²) in [5.41, 5.74) is 0.711. The van der Waals surface area contributed by atoms with Crippen LogP contribution in [0.5, 0.6) is 5.75 Å². The van der Waals surface area contributed by atoms with E-state index in [0.717, 1.165) is 19.4 Å². The van der Waals surface area contributed by atoms with E-state index >= 15 is 0 Å². The molecular weight excluding hydrogens is 293 g/mol. The summed E-state index contributed by atoms with van der Waals surface area (Å²) >= 11 is 0. The van der Waals surface area contributed by atoms with E-state index in [4.69, 9.17) is 4.74 Å². The maximum absolute atomic E-state index is 13.6. The maximum atomic E-state index is 13.6. The van der Waals surface area contributed by atoms with Gasteiger partial charge in [0.25, 0.3) is 5.91 Å². The number of carbonyl (C=O) groups excluding carboxylic acids is 1. The standard InChI is InChI=1S/C19H20FNO2/c20-17-10-4-5-11-18(17)23-14-15-7-6-12-21(13-15)19(22)16-8-2-1-3-9-16/h1-5,8-11,15H,6-7,12-14H2. The molecule has 0 saturated carbocycles. The number of amides is 1. The molecule has 0 spiro atoms. The molecule has 23 heavy (non-hydrogen) atoms. The summed E-state index contributed by atoms with van der Waals surface area (Å²) in [5, 5.41) is 0. The Kier molecular flexibility index (Phi) is 4.91. The first-order valence-corrected chi connectivity index (χ1v) is 7.95. The number of rotatable bonds is 4. The van der Waals surface area contributed by atoms with Crippen LogP contribution in [0.3, 0.4) is 0 Å². The fraction of sp³-hybridized carbons (Fsp3) is 0.316. The van der Waals surface area contributed by atoms with Gasteiger partial charge in [0.15, 0.2) is 11.6 Å². The molecule has 0 radical (unpaired) electrons. The third-order valence-electron chi connectivity index (χ3n) is 4.14. The number of ether oxygens (including phenoxy) is 1. The Hall–Kier alpha value is -2.36. The van der Waals surface area contributed by atoms with Crippen LogP contribution in [0.15, 0.2) is 54.6 Å². The zero-order valence-corrected chi connectivity index (χ0v) is 13.0. The van der Waals surface area contributed by atoms with Gasteiger partial charge in [-0.25, -0.2) is 4.39 Å². The minimum Gasteiger partial charge on any atom is -0.490 e. The molecular formula is C19H20FNO2. The first-order chi connectivity index (χ1) is 11.2. The zero-order valence-electron chi connectivity index (χ0n) is 13.0. The Morgan fingerprint density at radius 2 is 1.87 bits per heavy atom. The molecule has 1 fully saturated rings. The molecule has 1 atom stereocenters. The molecule has 1 saturated heterocycles. The van der Waals surface area contributed by atoms with E-state index in [9.17, 15) is 9.18 Å². The minimum absolute atomic E-state index is 0.0567. The molecule has 1 aliphatic heterocycles. The van der Waals surface area contributed by atoms with Gasteiger partial charge in [-0.3, -0.25) is 4.79 Å². The highest BCUT2D eigenvalue weighted by molar-refractivity contribution is 5.94. The fourth-order valence-corrected chi connectivity index (χ4v) is 2.92. The number of para-hydroxylation sites is 1. The second-order valence-corrected chi connectivity index (χ2v) is 5.87. The molecule has 1 heterocycles. The van der Waals surface area contributed by atoms with Crippen molar-refractivity contribution in [2.45, 2.75) is 12.8 Å². The highest BCUT2D eigenvalue weighted by Crippen LogP contribution is 2.21. The van der Waals surface area contributed by atoms with Gasteiger partial charge in [0.1, 0.15) is 0 Å². The Morgan fingerprint density at radius 3 is 2.65 bits per heavy atom. The molecule has 3 rings (SSSR count). The first-order valence-electron chi connectivity index (χ1n) is 7.95. The van der Waals surface area contributed by atoms with Gasteiger partial charge in [-0.05, 0) is 37.1 Å².